The van der Waals surface area contributed by atoms with Gasteiger partial charge in [-0.15, -0.1) is 0 Å². The summed E-state index contributed by atoms with van der Waals surface area (Å²) in [4.78, 5) is 0. The van der Waals surface area contributed by atoms with Crippen molar-refractivity contribution in [2.45, 2.75) is 68.9 Å². The molecule has 0 amide bonds. The minimum absolute atomic E-state index is 0.498. The maximum absolute atomic E-state index is 12.1. The number of rotatable bonds is 9. The first kappa shape index (κ1) is 23.5. The molecule has 14 nitrogen and oxygen atoms in total. The van der Waals surface area contributed by atoms with Crippen LogP contribution in [0.1, 0.15) is 26.7 Å². The van der Waals surface area contributed by atoms with Gasteiger partial charge in [0.2, 0.25) is 5.79 Å². The van der Waals surface area contributed by atoms with E-state index in [4.69, 9.17) is 35.9 Å². The van der Waals surface area contributed by atoms with Crippen LogP contribution >= 0.6 is 0 Å². The van der Waals surface area contributed by atoms with Crippen molar-refractivity contribution >= 4 is 33.0 Å². The molecule has 0 aromatic rings. The smallest absolute Gasteiger partial charge is 0.338 e. The third kappa shape index (κ3) is 5.56. The van der Waals surface area contributed by atoms with Gasteiger partial charge >= 0.3 is 33.0 Å². The Morgan fingerprint density at radius 2 is 1.79 bits per heavy atom. The Balaban J connectivity index is 1.89. The number of hydrogen-bond acceptors (Lipinski definition) is 11. The van der Waals surface area contributed by atoms with Gasteiger partial charge in [-0.1, -0.05) is 0 Å². The van der Waals surface area contributed by atoms with Crippen LogP contribution in [0.5, 0.6) is 0 Å². The molecule has 1 saturated carbocycles. The summed E-state index contributed by atoms with van der Waals surface area (Å²) in [6, 6.07) is 0. The summed E-state index contributed by atoms with van der Waals surface area (Å²) in [5, 5.41) is 10.6. The van der Waals surface area contributed by atoms with E-state index in [0.717, 1.165) is 0 Å². The lowest BCUT2D eigenvalue weighted by Crippen LogP contribution is -2.68. The zero-order valence-corrected chi connectivity index (χ0v) is 17.6. The van der Waals surface area contributed by atoms with Gasteiger partial charge < -0.3 is 19.3 Å². The van der Waals surface area contributed by atoms with Gasteiger partial charge in [-0.2, -0.15) is 21.6 Å². The van der Waals surface area contributed by atoms with Crippen LogP contribution in [0.4, 0.5) is 0 Å². The second-order valence-corrected chi connectivity index (χ2v) is 9.56. The first-order chi connectivity index (χ1) is 13.3. The number of aliphatic hydroxyl groups excluding tert-OH is 1. The third-order valence-electron chi connectivity index (χ3n) is 4.17. The Kier molecular flexibility index (Phi) is 6.82. The predicted octanol–water partition coefficient (Wildman–Crippen LogP) is -1.76. The monoisotopic (exact) mass is 483 g/mol. The molecule has 0 aromatic heterocycles. The summed E-state index contributed by atoms with van der Waals surface area (Å²) in [6.45, 7) is 2.24. The van der Waals surface area contributed by atoms with Gasteiger partial charge in [0.05, 0.1) is 12.7 Å². The lowest BCUT2D eigenvalue weighted by atomic mass is 9.96. The van der Waals surface area contributed by atoms with Crippen LogP contribution in [0.25, 0.3) is 0 Å². The maximum Gasteiger partial charge on any atom is 0.338 e. The average molecular weight is 483 g/mol. The van der Waals surface area contributed by atoms with Crippen molar-refractivity contribution in [3.63, 3.8) is 0 Å². The molecule has 0 radical (unpaired) electrons. The third-order valence-corrected chi connectivity index (χ3v) is 6.01. The minimum atomic E-state index is -4.41. The van der Waals surface area contributed by atoms with E-state index in [1.54, 1.807) is 0 Å². The predicted molar refractivity (Wildman–Crippen MR) is 92.2 cm³/mol. The van der Waals surface area contributed by atoms with Crippen LogP contribution in [-0.2, 0) is 59.8 Å². The first-order valence-corrected chi connectivity index (χ1v) is 11.8. The highest BCUT2D eigenvalue weighted by Gasteiger charge is 2.67. The summed E-state index contributed by atoms with van der Waals surface area (Å²) in [6.07, 6.45) is -6.00. The quantitative estimate of drug-likeness (QED) is 0.213. The van der Waals surface area contributed by atoms with Crippen LogP contribution in [0.3, 0.4) is 0 Å². The summed E-state index contributed by atoms with van der Waals surface area (Å²) < 4.78 is 97.5. The molecule has 0 spiro atoms. The number of fused-ring (bicyclic) bond motifs is 1. The van der Waals surface area contributed by atoms with Crippen molar-refractivity contribution < 1.29 is 57.8 Å². The second-order valence-electron chi connectivity index (χ2n) is 6.97. The molecule has 7 atom stereocenters. The van der Waals surface area contributed by atoms with Crippen molar-refractivity contribution in [2.75, 3.05) is 6.61 Å². The van der Waals surface area contributed by atoms with Crippen LogP contribution in [0.15, 0.2) is 0 Å². The molecule has 29 heavy (non-hydrogen) atoms. The molecule has 1 aliphatic carbocycles. The highest BCUT2D eigenvalue weighted by atomic mass is 32.2. The number of nitrogens with one attached hydrogen (secondary N) is 1. The SMILES string of the molecule is CC1(C)O[C@H]2[C@H](OS(=O)O)[C@H](OS(=O)O)CO[C@@]2(C(O)NS(=O)(=O)OC2CC2)O1. The fourth-order valence-electron chi connectivity index (χ4n) is 3.04. The van der Waals surface area contributed by atoms with Gasteiger partial charge in [0.15, 0.2) is 12.0 Å². The lowest BCUT2D eigenvalue weighted by Gasteiger charge is -2.44. The molecule has 3 fully saturated rings. The van der Waals surface area contributed by atoms with Gasteiger partial charge in [0.25, 0.3) is 0 Å². The number of ether oxygens (including phenoxy) is 3. The van der Waals surface area contributed by atoms with E-state index < -0.39 is 81.9 Å². The number of hydrogen-bond donors (Lipinski definition) is 4. The molecular formula is C12H21NO13S3. The van der Waals surface area contributed by atoms with E-state index in [9.17, 15) is 21.9 Å². The van der Waals surface area contributed by atoms with Crippen molar-refractivity contribution in [3.05, 3.63) is 0 Å². The molecule has 3 rings (SSSR count). The van der Waals surface area contributed by atoms with Crippen molar-refractivity contribution in [1.29, 1.82) is 0 Å². The Hall–Kier alpha value is -0.150. The molecule has 2 aliphatic heterocycles. The molecule has 3 unspecified atom stereocenters. The van der Waals surface area contributed by atoms with E-state index in [2.05, 4.69) is 0 Å². The first-order valence-electron chi connectivity index (χ1n) is 8.30. The molecular weight excluding hydrogens is 462 g/mol. The molecule has 2 heterocycles. The largest absolute Gasteiger partial charge is 0.372 e. The molecule has 170 valence electrons. The highest BCUT2D eigenvalue weighted by molar-refractivity contribution is 7.84. The topological polar surface area (TPSA) is 196 Å². The van der Waals surface area contributed by atoms with E-state index in [0.29, 0.717) is 12.8 Å². The van der Waals surface area contributed by atoms with Gasteiger partial charge in [-0.05, 0) is 26.7 Å². The normalized spacial score (nSPS) is 37.6. The van der Waals surface area contributed by atoms with Crippen LogP contribution in [0, 0.1) is 0 Å². The van der Waals surface area contributed by atoms with Crippen molar-refractivity contribution in [1.82, 2.24) is 4.72 Å². The Labute approximate surface area is 171 Å². The lowest BCUT2D eigenvalue weighted by molar-refractivity contribution is -0.324. The summed E-state index contributed by atoms with van der Waals surface area (Å²) in [5.41, 5.74) is 0. The number of aliphatic hydroxyl groups is 1. The van der Waals surface area contributed by atoms with E-state index in [1.807, 2.05) is 4.72 Å². The summed E-state index contributed by atoms with van der Waals surface area (Å²) in [7, 11) is -4.41. The van der Waals surface area contributed by atoms with E-state index in [1.165, 1.54) is 13.8 Å². The Morgan fingerprint density at radius 3 is 2.34 bits per heavy atom. The van der Waals surface area contributed by atoms with Gasteiger partial charge in [-0.25, -0.2) is 0 Å². The van der Waals surface area contributed by atoms with Gasteiger partial charge in [0.1, 0.15) is 18.3 Å². The Bertz CT molecular complexity index is 771. The minimum Gasteiger partial charge on any atom is -0.372 e. The van der Waals surface area contributed by atoms with Gasteiger partial charge in [0, 0.05) is 0 Å². The molecule has 0 aromatic carbocycles. The molecule has 4 N–H and O–H groups in total. The fourth-order valence-corrected chi connectivity index (χ4v) is 4.88. The maximum atomic E-state index is 12.1. The standard InChI is InChI=1S/C12H21NO13S3/c1-11(2)22-9-8(24-28(17)18)7(23-27(15)16)5-21-12(9,26-11)10(14)13-29(19,20)25-6-3-4-6/h6-10,13-14H,3-5H2,1-2H3,(H,15,16)(H,17,18)/t7-,8-,9+,10?,12-/m1/s1. The highest BCUT2D eigenvalue weighted by Crippen LogP contribution is 2.45. The van der Waals surface area contributed by atoms with Gasteiger partial charge in [-0.3, -0.25) is 21.7 Å². The zero-order chi connectivity index (χ0) is 21.6. The summed E-state index contributed by atoms with van der Waals surface area (Å²) >= 11 is -5.68. The average Bonchev–Trinajstić information content (AvgIpc) is 3.28. The molecule has 3 aliphatic rings. The van der Waals surface area contributed by atoms with Crippen molar-refractivity contribution in [2.24, 2.45) is 0 Å². The zero-order valence-electron chi connectivity index (χ0n) is 15.2. The van der Waals surface area contributed by atoms with Crippen LogP contribution in [-0.4, -0.2) is 79.9 Å². The molecule has 17 heteroatoms. The van der Waals surface area contributed by atoms with Crippen molar-refractivity contribution in [3.8, 4) is 0 Å². The fraction of sp³-hybridized carbons (Fsp3) is 1.00. The Morgan fingerprint density at radius 1 is 1.17 bits per heavy atom. The van der Waals surface area contributed by atoms with E-state index >= 15 is 0 Å². The molecule has 0 bridgehead atoms. The second kappa shape index (κ2) is 8.41. The van der Waals surface area contributed by atoms with Crippen LogP contribution < -0.4 is 4.72 Å². The summed E-state index contributed by atoms with van der Waals surface area (Å²) in [5.74, 6) is -3.72. The molecule has 2 saturated heterocycles. The van der Waals surface area contributed by atoms with E-state index in [-0.39, 0.29) is 0 Å². The van der Waals surface area contributed by atoms with Crippen LogP contribution in [0.2, 0.25) is 0 Å².